The Labute approximate surface area is 176 Å². The molecule has 6 heteroatoms. The number of aryl methyl sites for hydroxylation is 1. The zero-order valence-electron chi connectivity index (χ0n) is 15.5. The maximum Gasteiger partial charge on any atom is 0.191 e. The van der Waals surface area contributed by atoms with E-state index >= 15 is 0 Å². The Morgan fingerprint density at radius 2 is 1.93 bits per heavy atom. The SMILES string of the molecule is CN=C(NCCc1ccc(F)cc1C)NCc1nccc2ccccc12.I. The van der Waals surface area contributed by atoms with E-state index in [9.17, 15) is 4.39 Å². The molecule has 142 valence electrons. The highest BCUT2D eigenvalue weighted by Gasteiger charge is 2.05. The highest BCUT2D eigenvalue weighted by molar-refractivity contribution is 14.0. The minimum absolute atomic E-state index is 0. The van der Waals surface area contributed by atoms with Gasteiger partial charge in [-0.3, -0.25) is 9.98 Å². The second-order valence-corrected chi connectivity index (χ2v) is 6.15. The van der Waals surface area contributed by atoms with Crippen molar-refractivity contribution in [3.8, 4) is 0 Å². The largest absolute Gasteiger partial charge is 0.356 e. The summed E-state index contributed by atoms with van der Waals surface area (Å²) in [5, 5.41) is 8.91. The fraction of sp³-hybridized carbons (Fsp3) is 0.238. The molecule has 0 fully saturated rings. The van der Waals surface area contributed by atoms with Gasteiger partial charge in [0.05, 0.1) is 12.2 Å². The Morgan fingerprint density at radius 1 is 1.11 bits per heavy atom. The monoisotopic (exact) mass is 478 g/mol. The van der Waals surface area contributed by atoms with Gasteiger partial charge in [0.15, 0.2) is 5.96 Å². The molecule has 2 aromatic carbocycles. The van der Waals surface area contributed by atoms with Crippen molar-refractivity contribution < 1.29 is 4.39 Å². The summed E-state index contributed by atoms with van der Waals surface area (Å²) in [5.41, 5.74) is 3.08. The van der Waals surface area contributed by atoms with E-state index in [4.69, 9.17) is 0 Å². The molecule has 4 nitrogen and oxygen atoms in total. The first-order chi connectivity index (χ1) is 12.7. The molecule has 0 saturated heterocycles. The van der Waals surface area contributed by atoms with E-state index in [1.165, 1.54) is 11.5 Å². The molecular weight excluding hydrogens is 454 g/mol. The van der Waals surface area contributed by atoms with Crippen LogP contribution < -0.4 is 10.6 Å². The van der Waals surface area contributed by atoms with Gasteiger partial charge in [0.1, 0.15) is 5.82 Å². The molecule has 27 heavy (non-hydrogen) atoms. The molecule has 0 saturated carbocycles. The molecule has 0 spiro atoms. The second-order valence-electron chi connectivity index (χ2n) is 6.15. The third kappa shape index (κ3) is 5.63. The first kappa shape index (κ1) is 21.1. The van der Waals surface area contributed by atoms with Crippen molar-refractivity contribution in [2.24, 2.45) is 4.99 Å². The van der Waals surface area contributed by atoms with Crippen molar-refractivity contribution in [2.45, 2.75) is 19.9 Å². The van der Waals surface area contributed by atoms with Crippen LogP contribution in [0.4, 0.5) is 4.39 Å². The molecule has 3 rings (SSSR count). The number of pyridine rings is 1. The van der Waals surface area contributed by atoms with E-state index in [0.29, 0.717) is 6.54 Å². The maximum atomic E-state index is 13.2. The number of guanidine groups is 1. The molecule has 0 amide bonds. The normalized spacial score (nSPS) is 11.1. The number of aliphatic imine (C=N–C) groups is 1. The molecule has 0 aliphatic rings. The number of aromatic nitrogens is 1. The summed E-state index contributed by atoms with van der Waals surface area (Å²) >= 11 is 0. The Morgan fingerprint density at radius 3 is 2.70 bits per heavy atom. The molecule has 0 unspecified atom stereocenters. The number of halogens is 2. The van der Waals surface area contributed by atoms with E-state index in [1.807, 2.05) is 37.4 Å². The maximum absolute atomic E-state index is 13.2. The number of hydrogen-bond acceptors (Lipinski definition) is 2. The lowest BCUT2D eigenvalue weighted by atomic mass is 10.1. The topological polar surface area (TPSA) is 49.3 Å². The van der Waals surface area contributed by atoms with Gasteiger partial charge >= 0.3 is 0 Å². The molecule has 2 N–H and O–H groups in total. The van der Waals surface area contributed by atoms with Crippen LogP contribution >= 0.6 is 24.0 Å². The summed E-state index contributed by atoms with van der Waals surface area (Å²) in [7, 11) is 1.75. The predicted molar refractivity (Wildman–Crippen MR) is 120 cm³/mol. The lowest BCUT2D eigenvalue weighted by Crippen LogP contribution is -2.38. The van der Waals surface area contributed by atoms with Gasteiger partial charge in [0.25, 0.3) is 0 Å². The first-order valence-electron chi connectivity index (χ1n) is 8.69. The molecule has 0 bridgehead atoms. The lowest BCUT2D eigenvalue weighted by Gasteiger charge is -2.13. The van der Waals surface area contributed by atoms with Crippen LogP contribution in [0.25, 0.3) is 10.8 Å². The number of rotatable bonds is 5. The average molecular weight is 478 g/mol. The molecular formula is C21H24FIN4. The van der Waals surface area contributed by atoms with Crippen LogP contribution in [0, 0.1) is 12.7 Å². The third-order valence-electron chi connectivity index (χ3n) is 4.39. The van der Waals surface area contributed by atoms with Gasteiger partial charge in [-0.2, -0.15) is 0 Å². The van der Waals surface area contributed by atoms with Gasteiger partial charge < -0.3 is 10.6 Å². The third-order valence-corrected chi connectivity index (χ3v) is 4.39. The average Bonchev–Trinajstić information content (AvgIpc) is 2.66. The van der Waals surface area contributed by atoms with Crippen molar-refractivity contribution in [3.63, 3.8) is 0 Å². The van der Waals surface area contributed by atoms with Crippen molar-refractivity contribution in [1.29, 1.82) is 0 Å². The molecule has 1 heterocycles. The molecule has 3 aromatic rings. The summed E-state index contributed by atoms with van der Waals surface area (Å²) in [6, 6.07) is 15.1. The minimum Gasteiger partial charge on any atom is -0.356 e. The van der Waals surface area contributed by atoms with E-state index in [1.54, 1.807) is 13.1 Å². The zero-order valence-corrected chi connectivity index (χ0v) is 17.8. The molecule has 0 radical (unpaired) electrons. The van der Waals surface area contributed by atoms with E-state index in [0.717, 1.165) is 41.1 Å². The minimum atomic E-state index is -0.195. The van der Waals surface area contributed by atoms with Gasteiger partial charge in [0.2, 0.25) is 0 Å². The van der Waals surface area contributed by atoms with Crippen molar-refractivity contribution >= 4 is 40.7 Å². The van der Waals surface area contributed by atoms with E-state index in [-0.39, 0.29) is 29.8 Å². The summed E-state index contributed by atoms with van der Waals surface area (Å²) in [4.78, 5) is 8.74. The standard InChI is InChI=1S/C21H23FN4.HI/c1-15-13-18(22)8-7-16(15)9-12-25-21(23-2)26-14-20-19-6-4-3-5-17(19)10-11-24-20;/h3-8,10-11,13H,9,12,14H2,1-2H3,(H2,23,25,26);1H. The Balaban J connectivity index is 0.00000261. The van der Waals surface area contributed by atoms with Crippen molar-refractivity contribution in [1.82, 2.24) is 15.6 Å². The Bertz CT molecular complexity index is 922. The summed E-state index contributed by atoms with van der Waals surface area (Å²) < 4.78 is 13.2. The second kappa shape index (κ2) is 10.2. The van der Waals surface area contributed by atoms with Gasteiger partial charge in [-0.1, -0.05) is 30.3 Å². The van der Waals surface area contributed by atoms with Crippen LogP contribution in [0.5, 0.6) is 0 Å². The van der Waals surface area contributed by atoms with Crippen molar-refractivity contribution in [2.75, 3.05) is 13.6 Å². The van der Waals surface area contributed by atoms with Gasteiger partial charge in [0, 0.05) is 25.2 Å². The fourth-order valence-corrected chi connectivity index (χ4v) is 2.97. The molecule has 1 aromatic heterocycles. The van der Waals surface area contributed by atoms with Crippen molar-refractivity contribution in [3.05, 3.63) is 77.4 Å². The zero-order chi connectivity index (χ0) is 18.4. The first-order valence-corrected chi connectivity index (χ1v) is 8.69. The molecule has 0 atom stereocenters. The predicted octanol–water partition coefficient (Wildman–Crippen LogP) is 4.21. The quantitative estimate of drug-likeness (QED) is 0.328. The van der Waals surface area contributed by atoms with Crippen LogP contribution in [0.15, 0.2) is 59.7 Å². The highest BCUT2D eigenvalue weighted by Crippen LogP contribution is 2.16. The fourth-order valence-electron chi connectivity index (χ4n) is 2.97. The highest BCUT2D eigenvalue weighted by atomic mass is 127. The lowest BCUT2D eigenvalue weighted by molar-refractivity contribution is 0.625. The van der Waals surface area contributed by atoms with Gasteiger partial charge in [-0.25, -0.2) is 4.39 Å². The molecule has 0 aliphatic heterocycles. The van der Waals surface area contributed by atoms with Crippen LogP contribution in [-0.4, -0.2) is 24.5 Å². The van der Waals surface area contributed by atoms with Crippen LogP contribution in [0.1, 0.15) is 16.8 Å². The van der Waals surface area contributed by atoms with Crippen LogP contribution in [0.2, 0.25) is 0 Å². The summed E-state index contributed by atoms with van der Waals surface area (Å²) in [5.74, 6) is 0.527. The van der Waals surface area contributed by atoms with E-state index < -0.39 is 0 Å². The number of nitrogens with one attached hydrogen (secondary N) is 2. The Hall–Kier alpha value is -2.22. The van der Waals surface area contributed by atoms with E-state index in [2.05, 4.69) is 32.7 Å². The van der Waals surface area contributed by atoms with Gasteiger partial charge in [-0.15, -0.1) is 24.0 Å². The summed E-state index contributed by atoms with van der Waals surface area (Å²) in [6.07, 6.45) is 2.63. The Kier molecular flexibility index (Phi) is 7.97. The summed E-state index contributed by atoms with van der Waals surface area (Å²) in [6.45, 7) is 3.24. The smallest absolute Gasteiger partial charge is 0.191 e. The molecule has 0 aliphatic carbocycles. The number of benzene rings is 2. The number of fused-ring (bicyclic) bond motifs is 1. The van der Waals surface area contributed by atoms with Crippen LogP contribution in [-0.2, 0) is 13.0 Å². The number of nitrogens with zero attached hydrogens (tertiary/aromatic N) is 2. The van der Waals surface area contributed by atoms with Gasteiger partial charge in [-0.05, 0) is 48.1 Å². The number of hydrogen-bond donors (Lipinski definition) is 2. The van der Waals surface area contributed by atoms with Crippen LogP contribution in [0.3, 0.4) is 0 Å².